The van der Waals surface area contributed by atoms with E-state index in [4.69, 9.17) is 5.73 Å². The first-order valence-corrected chi connectivity index (χ1v) is 12.5. The molecule has 0 bridgehead atoms. The van der Waals surface area contributed by atoms with E-state index in [-0.39, 0.29) is 11.4 Å². The Morgan fingerprint density at radius 2 is 1.59 bits per heavy atom. The predicted octanol–water partition coefficient (Wildman–Crippen LogP) is 5.57. The molecule has 34 heavy (non-hydrogen) atoms. The zero-order valence-electron chi connectivity index (χ0n) is 20.0. The highest BCUT2D eigenvalue weighted by molar-refractivity contribution is 6.04. The van der Waals surface area contributed by atoms with Crippen LogP contribution in [0.4, 0.5) is 5.69 Å². The van der Waals surface area contributed by atoms with Crippen LogP contribution in [0.5, 0.6) is 0 Å². The minimum Gasteiger partial charge on any atom is -0.325 e. The van der Waals surface area contributed by atoms with Crippen LogP contribution < -0.4 is 11.1 Å². The zero-order valence-corrected chi connectivity index (χ0v) is 20.0. The monoisotopic (exact) mass is 453 g/mol. The molecule has 3 aromatic carbocycles. The van der Waals surface area contributed by atoms with Crippen LogP contribution in [0.3, 0.4) is 0 Å². The number of rotatable bonds is 7. The van der Waals surface area contributed by atoms with Gasteiger partial charge >= 0.3 is 0 Å². The lowest BCUT2D eigenvalue weighted by Gasteiger charge is -2.29. The molecule has 4 heteroatoms. The highest BCUT2D eigenvalue weighted by Crippen LogP contribution is 2.52. The molecule has 1 amide bonds. The first-order valence-electron chi connectivity index (χ1n) is 12.5. The van der Waals surface area contributed by atoms with Gasteiger partial charge in [0.2, 0.25) is 0 Å². The summed E-state index contributed by atoms with van der Waals surface area (Å²) in [5.74, 6) is 0.934. The Labute approximate surface area is 203 Å². The summed E-state index contributed by atoms with van der Waals surface area (Å²) in [5, 5.41) is 3.04. The van der Waals surface area contributed by atoms with Crippen LogP contribution in [0.2, 0.25) is 0 Å². The summed E-state index contributed by atoms with van der Waals surface area (Å²) in [6.07, 6.45) is 5.40. The molecule has 1 aliphatic carbocycles. The van der Waals surface area contributed by atoms with Crippen molar-refractivity contribution in [3.8, 4) is 0 Å². The quantitative estimate of drug-likeness (QED) is 0.492. The summed E-state index contributed by atoms with van der Waals surface area (Å²) in [6, 6.07) is 26.9. The molecule has 1 aliphatic heterocycles. The van der Waals surface area contributed by atoms with Crippen molar-refractivity contribution < 1.29 is 4.79 Å². The standard InChI is InChI=1S/C30H35N3O/c1-33-19-16-24(17-20-33)23-7-9-26(10-8-23)29(34)32-27-13-11-25(12-14-27)28-21-30(28,31)18-15-22-5-3-2-4-6-22/h2-14,24,28H,15-21,31H2,1H3,(H,32,34). The highest BCUT2D eigenvalue weighted by atomic mass is 16.1. The fourth-order valence-corrected chi connectivity index (χ4v) is 5.32. The average molecular weight is 454 g/mol. The van der Waals surface area contributed by atoms with Crippen LogP contribution in [-0.2, 0) is 6.42 Å². The lowest BCUT2D eigenvalue weighted by molar-refractivity contribution is 0.102. The third kappa shape index (κ3) is 5.24. The third-order valence-electron chi connectivity index (χ3n) is 7.77. The van der Waals surface area contributed by atoms with E-state index in [1.54, 1.807) is 0 Å². The van der Waals surface area contributed by atoms with E-state index in [0.29, 0.717) is 17.4 Å². The van der Waals surface area contributed by atoms with Crippen molar-refractivity contribution in [3.05, 3.63) is 101 Å². The van der Waals surface area contributed by atoms with E-state index in [1.165, 1.54) is 29.5 Å². The van der Waals surface area contributed by atoms with Gasteiger partial charge in [0.25, 0.3) is 5.91 Å². The summed E-state index contributed by atoms with van der Waals surface area (Å²) < 4.78 is 0. The molecular formula is C30H35N3O. The molecular weight excluding hydrogens is 418 g/mol. The molecule has 0 radical (unpaired) electrons. The van der Waals surface area contributed by atoms with Crippen LogP contribution in [0, 0.1) is 0 Å². The SMILES string of the molecule is CN1CCC(c2ccc(C(=O)Nc3ccc(C4CC4(N)CCc4ccccc4)cc3)cc2)CC1. The van der Waals surface area contributed by atoms with Gasteiger partial charge in [-0.25, -0.2) is 0 Å². The van der Waals surface area contributed by atoms with Crippen LogP contribution in [0.15, 0.2) is 78.9 Å². The molecule has 4 nitrogen and oxygen atoms in total. The first kappa shape index (κ1) is 22.8. The van der Waals surface area contributed by atoms with Crippen molar-refractivity contribution in [1.29, 1.82) is 0 Å². The molecule has 0 spiro atoms. The summed E-state index contributed by atoms with van der Waals surface area (Å²) in [7, 11) is 2.18. The van der Waals surface area contributed by atoms with Gasteiger partial charge in [-0.05, 0) is 99.1 Å². The number of nitrogens with two attached hydrogens (primary N) is 1. The Balaban J connectivity index is 1.14. The topological polar surface area (TPSA) is 58.4 Å². The number of carbonyl (C=O) groups excluding carboxylic acids is 1. The zero-order chi connectivity index (χ0) is 23.5. The molecule has 2 atom stereocenters. The van der Waals surface area contributed by atoms with E-state index < -0.39 is 0 Å². The van der Waals surface area contributed by atoms with Gasteiger partial charge < -0.3 is 16.0 Å². The number of likely N-dealkylation sites (tertiary alicyclic amines) is 1. The second-order valence-electron chi connectivity index (χ2n) is 10.3. The fraction of sp³-hybridized carbons (Fsp3) is 0.367. The number of anilines is 1. The Morgan fingerprint density at radius 3 is 2.26 bits per heavy atom. The molecule has 5 rings (SSSR count). The minimum absolute atomic E-state index is 0.0647. The maximum atomic E-state index is 12.8. The molecule has 0 aromatic heterocycles. The normalized spacial score (nSPS) is 22.9. The molecule has 1 saturated carbocycles. The van der Waals surface area contributed by atoms with E-state index in [2.05, 4.69) is 65.8 Å². The van der Waals surface area contributed by atoms with Crippen LogP contribution in [0.1, 0.15) is 64.6 Å². The first-order chi connectivity index (χ1) is 16.5. The van der Waals surface area contributed by atoms with Gasteiger partial charge in [0.15, 0.2) is 0 Å². The van der Waals surface area contributed by atoms with Crippen molar-refractivity contribution in [1.82, 2.24) is 4.90 Å². The second kappa shape index (κ2) is 9.73. The highest BCUT2D eigenvalue weighted by Gasteiger charge is 2.50. The lowest BCUT2D eigenvalue weighted by Crippen LogP contribution is -2.29. The van der Waals surface area contributed by atoms with Crippen molar-refractivity contribution >= 4 is 11.6 Å². The smallest absolute Gasteiger partial charge is 0.255 e. The summed E-state index contributed by atoms with van der Waals surface area (Å²) in [5.41, 5.74) is 12.0. The largest absolute Gasteiger partial charge is 0.325 e. The number of aryl methyl sites for hydroxylation is 1. The Kier molecular flexibility index (Phi) is 6.53. The van der Waals surface area contributed by atoms with Crippen LogP contribution >= 0.6 is 0 Å². The summed E-state index contributed by atoms with van der Waals surface area (Å²) in [4.78, 5) is 15.1. The van der Waals surface area contributed by atoms with Gasteiger partial charge in [0.05, 0.1) is 0 Å². The van der Waals surface area contributed by atoms with Gasteiger partial charge in [0.1, 0.15) is 0 Å². The van der Waals surface area contributed by atoms with E-state index in [9.17, 15) is 4.79 Å². The van der Waals surface area contributed by atoms with Gasteiger partial charge in [0, 0.05) is 22.7 Å². The lowest BCUT2D eigenvalue weighted by atomic mass is 9.89. The average Bonchev–Trinajstić information content (AvgIpc) is 3.56. The van der Waals surface area contributed by atoms with Gasteiger partial charge in [-0.2, -0.15) is 0 Å². The summed E-state index contributed by atoms with van der Waals surface area (Å²) in [6.45, 7) is 2.28. The molecule has 1 heterocycles. The molecule has 176 valence electrons. The molecule has 2 unspecified atom stereocenters. The fourth-order valence-electron chi connectivity index (χ4n) is 5.32. The van der Waals surface area contributed by atoms with Gasteiger partial charge in [-0.15, -0.1) is 0 Å². The Hall–Kier alpha value is -2.95. The number of nitrogens with zero attached hydrogens (tertiary/aromatic N) is 1. The molecule has 1 saturated heterocycles. The minimum atomic E-state index is -0.115. The maximum absolute atomic E-state index is 12.8. The van der Waals surface area contributed by atoms with Crippen LogP contribution in [0.25, 0.3) is 0 Å². The Morgan fingerprint density at radius 1 is 0.941 bits per heavy atom. The number of nitrogens with one attached hydrogen (secondary N) is 1. The second-order valence-corrected chi connectivity index (χ2v) is 10.3. The number of benzene rings is 3. The molecule has 2 aliphatic rings. The van der Waals surface area contributed by atoms with Crippen molar-refractivity contribution in [2.45, 2.75) is 49.5 Å². The van der Waals surface area contributed by atoms with Crippen molar-refractivity contribution in [2.24, 2.45) is 5.73 Å². The van der Waals surface area contributed by atoms with Gasteiger partial charge in [-0.1, -0.05) is 54.6 Å². The predicted molar refractivity (Wildman–Crippen MR) is 139 cm³/mol. The molecule has 2 fully saturated rings. The molecule has 3 N–H and O–H groups in total. The summed E-state index contributed by atoms with van der Waals surface area (Å²) >= 11 is 0. The van der Waals surface area contributed by atoms with Gasteiger partial charge in [-0.3, -0.25) is 4.79 Å². The number of carbonyl (C=O) groups is 1. The van der Waals surface area contributed by atoms with E-state index >= 15 is 0 Å². The van der Waals surface area contributed by atoms with E-state index in [0.717, 1.165) is 38.0 Å². The molecule has 3 aromatic rings. The van der Waals surface area contributed by atoms with Crippen molar-refractivity contribution in [2.75, 3.05) is 25.5 Å². The number of amides is 1. The maximum Gasteiger partial charge on any atom is 0.255 e. The van der Waals surface area contributed by atoms with Crippen molar-refractivity contribution in [3.63, 3.8) is 0 Å². The third-order valence-corrected chi connectivity index (χ3v) is 7.77. The van der Waals surface area contributed by atoms with E-state index in [1.807, 2.05) is 30.3 Å². The van der Waals surface area contributed by atoms with Crippen LogP contribution in [-0.4, -0.2) is 36.5 Å². The Bertz CT molecular complexity index is 1100. The number of piperidine rings is 1. The number of hydrogen-bond acceptors (Lipinski definition) is 3. The number of hydrogen-bond donors (Lipinski definition) is 2.